The minimum absolute atomic E-state index is 0.0419. The Labute approximate surface area is 184 Å². The summed E-state index contributed by atoms with van der Waals surface area (Å²) in [5.74, 6) is 4.93. The number of carbonyl (C=O) groups is 1. The van der Waals surface area contributed by atoms with Gasteiger partial charge in [0.25, 0.3) is 0 Å². The quantitative estimate of drug-likeness (QED) is 0.372. The SMILES string of the molecule is CC(C)CCCC(C)C1CCC2C3CCC4=CC(=O)C(=CO)CC4(C)C3CCC12C. The van der Waals surface area contributed by atoms with Crippen molar-refractivity contribution in [3.8, 4) is 0 Å². The van der Waals surface area contributed by atoms with E-state index in [4.69, 9.17) is 0 Å². The second-order valence-corrected chi connectivity index (χ2v) is 12.2. The fraction of sp³-hybridized carbons (Fsp3) is 0.821. The van der Waals surface area contributed by atoms with E-state index in [1.807, 2.05) is 6.08 Å². The van der Waals surface area contributed by atoms with Gasteiger partial charge in [0.15, 0.2) is 5.78 Å². The van der Waals surface area contributed by atoms with Crippen molar-refractivity contribution in [3.05, 3.63) is 23.5 Å². The van der Waals surface area contributed by atoms with Crippen LogP contribution in [0.2, 0.25) is 0 Å². The molecule has 0 aliphatic heterocycles. The molecule has 4 aliphatic rings. The minimum atomic E-state index is 0.0419. The van der Waals surface area contributed by atoms with Gasteiger partial charge in [0.1, 0.15) is 0 Å². The van der Waals surface area contributed by atoms with Crippen molar-refractivity contribution in [1.29, 1.82) is 0 Å². The average Bonchev–Trinajstić information content (AvgIpc) is 3.05. The Morgan fingerprint density at radius 2 is 1.87 bits per heavy atom. The van der Waals surface area contributed by atoms with Crippen molar-refractivity contribution >= 4 is 5.78 Å². The van der Waals surface area contributed by atoms with Gasteiger partial charge in [0.2, 0.25) is 0 Å². The molecule has 2 heteroatoms. The third kappa shape index (κ3) is 3.51. The molecule has 2 nitrogen and oxygen atoms in total. The number of hydrogen-bond donors (Lipinski definition) is 1. The van der Waals surface area contributed by atoms with E-state index in [0.29, 0.717) is 16.9 Å². The van der Waals surface area contributed by atoms with Crippen molar-refractivity contribution in [2.24, 2.45) is 46.3 Å². The molecule has 0 bridgehead atoms. The molecule has 0 spiro atoms. The molecule has 0 aromatic heterocycles. The summed E-state index contributed by atoms with van der Waals surface area (Å²) in [6, 6.07) is 0. The predicted molar refractivity (Wildman–Crippen MR) is 124 cm³/mol. The summed E-state index contributed by atoms with van der Waals surface area (Å²) in [5, 5.41) is 9.64. The number of rotatable bonds is 5. The molecule has 0 aromatic carbocycles. The van der Waals surface area contributed by atoms with E-state index in [1.165, 1.54) is 56.9 Å². The number of fused-ring (bicyclic) bond motifs is 5. The summed E-state index contributed by atoms with van der Waals surface area (Å²) in [5.41, 5.74) is 2.59. The predicted octanol–water partition coefficient (Wildman–Crippen LogP) is 7.65. The highest BCUT2D eigenvalue weighted by atomic mass is 16.2. The summed E-state index contributed by atoms with van der Waals surface area (Å²) in [6.07, 6.45) is 15.7. The molecule has 7 atom stereocenters. The maximum atomic E-state index is 12.4. The zero-order valence-electron chi connectivity index (χ0n) is 20.0. The molecule has 168 valence electrons. The monoisotopic (exact) mass is 412 g/mol. The smallest absolute Gasteiger partial charge is 0.184 e. The third-order valence-corrected chi connectivity index (χ3v) is 10.3. The standard InChI is InChI=1S/C28H44O2/c1-18(2)7-6-8-19(3)23-11-12-24-22-10-9-21-15-26(30)20(17-29)16-28(21,5)25(22)13-14-27(23,24)4/h15,17-19,22-25,29H,6-14,16H2,1-5H3. The fourth-order valence-electron chi connectivity index (χ4n) is 8.68. The lowest BCUT2D eigenvalue weighted by molar-refractivity contribution is -0.113. The lowest BCUT2D eigenvalue weighted by Crippen LogP contribution is -2.51. The van der Waals surface area contributed by atoms with Crippen molar-refractivity contribution < 1.29 is 9.90 Å². The van der Waals surface area contributed by atoms with Crippen LogP contribution in [0.4, 0.5) is 0 Å². The molecule has 0 radical (unpaired) electrons. The number of ketones is 1. The summed E-state index contributed by atoms with van der Waals surface area (Å²) < 4.78 is 0. The summed E-state index contributed by atoms with van der Waals surface area (Å²) in [6.45, 7) is 12.3. The molecule has 3 saturated carbocycles. The van der Waals surface area contributed by atoms with E-state index in [-0.39, 0.29) is 11.2 Å². The molecular weight excluding hydrogens is 368 g/mol. The van der Waals surface area contributed by atoms with Crippen LogP contribution >= 0.6 is 0 Å². The average molecular weight is 413 g/mol. The molecule has 0 saturated heterocycles. The van der Waals surface area contributed by atoms with Crippen LogP contribution in [0.1, 0.15) is 98.8 Å². The zero-order chi connectivity index (χ0) is 21.7. The summed E-state index contributed by atoms with van der Waals surface area (Å²) in [4.78, 5) is 12.4. The normalized spacial score (nSPS) is 43.2. The molecule has 1 N–H and O–H groups in total. The van der Waals surface area contributed by atoms with Crippen LogP contribution in [0.25, 0.3) is 0 Å². The van der Waals surface area contributed by atoms with Gasteiger partial charge in [0.05, 0.1) is 6.26 Å². The van der Waals surface area contributed by atoms with Crippen molar-refractivity contribution in [3.63, 3.8) is 0 Å². The Kier molecular flexibility index (Phi) is 6.01. The Balaban J connectivity index is 1.52. The van der Waals surface area contributed by atoms with Crippen LogP contribution in [0.3, 0.4) is 0 Å². The Morgan fingerprint density at radius 1 is 1.10 bits per heavy atom. The first-order valence-corrected chi connectivity index (χ1v) is 12.8. The van der Waals surface area contributed by atoms with Gasteiger partial charge in [-0.1, -0.05) is 59.5 Å². The molecule has 0 aromatic rings. The third-order valence-electron chi connectivity index (χ3n) is 10.3. The van der Waals surface area contributed by atoms with Gasteiger partial charge < -0.3 is 5.11 Å². The van der Waals surface area contributed by atoms with Crippen molar-refractivity contribution in [2.75, 3.05) is 0 Å². The number of hydrogen-bond acceptors (Lipinski definition) is 2. The first kappa shape index (κ1) is 22.2. The first-order valence-electron chi connectivity index (χ1n) is 12.8. The molecule has 4 aliphatic carbocycles. The highest BCUT2D eigenvalue weighted by molar-refractivity contribution is 6.05. The fourth-order valence-corrected chi connectivity index (χ4v) is 8.68. The maximum absolute atomic E-state index is 12.4. The van der Waals surface area contributed by atoms with Crippen molar-refractivity contribution in [2.45, 2.75) is 98.8 Å². The van der Waals surface area contributed by atoms with Crippen LogP contribution in [-0.2, 0) is 4.79 Å². The van der Waals surface area contributed by atoms with Gasteiger partial charge in [-0.25, -0.2) is 0 Å². The van der Waals surface area contributed by atoms with Gasteiger partial charge >= 0.3 is 0 Å². The summed E-state index contributed by atoms with van der Waals surface area (Å²) in [7, 11) is 0. The number of aliphatic hydroxyl groups is 1. The lowest BCUT2D eigenvalue weighted by Gasteiger charge is -2.58. The van der Waals surface area contributed by atoms with Crippen LogP contribution in [0.5, 0.6) is 0 Å². The van der Waals surface area contributed by atoms with Crippen LogP contribution < -0.4 is 0 Å². The van der Waals surface area contributed by atoms with E-state index in [9.17, 15) is 9.90 Å². The molecule has 3 fully saturated rings. The van der Waals surface area contributed by atoms with Crippen LogP contribution in [0, 0.1) is 46.3 Å². The topological polar surface area (TPSA) is 37.3 Å². The number of allylic oxidation sites excluding steroid dienone is 2. The molecule has 4 rings (SSSR count). The van der Waals surface area contributed by atoms with Crippen LogP contribution in [-0.4, -0.2) is 10.9 Å². The minimum Gasteiger partial charge on any atom is -0.515 e. The van der Waals surface area contributed by atoms with E-state index in [1.54, 1.807) is 0 Å². The molecule has 0 heterocycles. The largest absolute Gasteiger partial charge is 0.515 e. The van der Waals surface area contributed by atoms with E-state index in [0.717, 1.165) is 48.7 Å². The highest BCUT2D eigenvalue weighted by Gasteiger charge is 2.59. The van der Waals surface area contributed by atoms with Crippen LogP contribution in [0.15, 0.2) is 23.5 Å². The van der Waals surface area contributed by atoms with Crippen molar-refractivity contribution in [1.82, 2.24) is 0 Å². The molecular formula is C28H44O2. The second kappa shape index (κ2) is 8.14. The highest BCUT2D eigenvalue weighted by Crippen LogP contribution is 2.67. The second-order valence-electron chi connectivity index (χ2n) is 12.2. The Morgan fingerprint density at radius 3 is 2.57 bits per heavy atom. The zero-order valence-corrected chi connectivity index (χ0v) is 20.0. The molecule has 0 amide bonds. The van der Waals surface area contributed by atoms with Gasteiger partial charge in [-0.2, -0.15) is 0 Å². The number of carbonyl (C=O) groups excluding carboxylic acids is 1. The summed E-state index contributed by atoms with van der Waals surface area (Å²) >= 11 is 0. The Bertz CT molecular complexity index is 731. The lowest BCUT2D eigenvalue weighted by atomic mass is 9.46. The van der Waals surface area contributed by atoms with Gasteiger partial charge in [-0.3, -0.25) is 4.79 Å². The van der Waals surface area contributed by atoms with Gasteiger partial charge in [-0.05, 0) is 97.4 Å². The Hall–Kier alpha value is -1.05. The van der Waals surface area contributed by atoms with E-state index >= 15 is 0 Å². The molecule has 7 unspecified atom stereocenters. The van der Waals surface area contributed by atoms with E-state index < -0.39 is 0 Å². The molecule has 30 heavy (non-hydrogen) atoms. The maximum Gasteiger partial charge on any atom is 0.184 e. The van der Waals surface area contributed by atoms with E-state index in [2.05, 4.69) is 34.6 Å². The van der Waals surface area contributed by atoms with Gasteiger partial charge in [0, 0.05) is 5.57 Å². The first-order chi connectivity index (χ1) is 14.2. The number of aliphatic hydroxyl groups excluding tert-OH is 1. The van der Waals surface area contributed by atoms with Gasteiger partial charge in [-0.15, -0.1) is 0 Å².